The summed E-state index contributed by atoms with van der Waals surface area (Å²) in [6.07, 6.45) is 5.19. The molecule has 0 saturated carbocycles. The average Bonchev–Trinajstić information content (AvgIpc) is 2.82. The molecule has 0 atom stereocenters. The molecule has 5 nitrogen and oxygen atoms in total. The predicted molar refractivity (Wildman–Crippen MR) is 69.8 cm³/mol. The first kappa shape index (κ1) is 11.4. The minimum absolute atomic E-state index is 0.0763. The lowest BCUT2D eigenvalue weighted by molar-refractivity contribution is -0.136. The smallest absolute Gasteiger partial charge is 0.309 e. The summed E-state index contributed by atoms with van der Waals surface area (Å²) in [4.78, 5) is 14.8. The van der Waals surface area contributed by atoms with Crippen LogP contribution in [-0.2, 0) is 11.2 Å². The number of nitrogens with zero attached hydrogens (tertiary/aromatic N) is 3. The molecule has 3 heterocycles. The molecule has 5 heteroatoms. The van der Waals surface area contributed by atoms with Gasteiger partial charge in [-0.3, -0.25) is 9.78 Å². The summed E-state index contributed by atoms with van der Waals surface area (Å²) < 4.78 is 1.78. The van der Waals surface area contributed by atoms with E-state index in [4.69, 9.17) is 5.11 Å². The third-order valence-electron chi connectivity index (χ3n) is 2.89. The van der Waals surface area contributed by atoms with Gasteiger partial charge in [0.2, 0.25) is 0 Å². The van der Waals surface area contributed by atoms with Crippen LogP contribution in [0.3, 0.4) is 0 Å². The van der Waals surface area contributed by atoms with Gasteiger partial charge in [0, 0.05) is 18.0 Å². The van der Waals surface area contributed by atoms with Gasteiger partial charge in [0.05, 0.1) is 23.8 Å². The zero-order chi connectivity index (χ0) is 13.2. The van der Waals surface area contributed by atoms with Crippen LogP contribution in [0.25, 0.3) is 16.6 Å². The van der Waals surface area contributed by atoms with Crippen LogP contribution in [0.4, 0.5) is 0 Å². The molecule has 0 aliphatic carbocycles. The van der Waals surface area contributed by atoms with Crippen LogP contribution in [0.15, 0.2) is 48.9 Å². The first-order chi connectivity index (χ1) is 9.24. The highest BCUT2D eigenvalue weighted by Crippen LogP contribution is 2.24. The number of hydrogen-bond acceptors (Lipinski definition) is 3. The summed E-state index contributed by atoms with van der Waals surface area (Å²) in [6, 6.07) is 9.47. The third kappa shape index (κ3) is 2.18. The molecule has 0 spiro atoms. The number of fused-ring (bicyclic) bond motifs is 1. The van der Waals surface area contributed by atoms with Crippen LogP contribution in [0.2, 0.25) is 0 Å². The first-order valence-electron chi connectivity index (χ1n) is 5.83. The van der Waals surface area contributed by atoms with E-state index in [0.717, 1.165) is 16.6 Å². The maximum Gasteiger partial charge on any atom is 0.309 e. The van der Waals surface area contributed by atoms with Gasteiger partial charge >= 0.3 is 5.97 Å². The molecular weight excluding hydrogens is 242 g/mol. The molecule has 0 bridgehead atoms. The minimum atomic E-state index is -0.885. The van der Waals surface area contributed by atoms with E-state index in [1.54, 1.807) is 23.0 Å². The van der Waals surface area contributed by atoms with Crippen molar-refractivity contribution in [3.63, 3.8) is 0 Å². The van der Waals surface area contributed by atoms with E-state index < -0.39 is 5.97 Å². The van der Waals surface area contributed by atoms with E-state index in [2.05, 4.69) is 10.1 Å². The summed E-state index contributed by atoms with van der Waals surface area (Å²) in [7, 11) is 0. The van der Waals surface area contributed by atoms with Gasteiger partial charge in [-0.05, 0) is 29.8 Å². The number of aromatic nitrogens is 3. The number of carbonyl (C=O) groups is 1. The van der Waals surface area contributed by atoms with Gasteiger partial charge in [0.25, 0.3) is 0 Å². The van der Waals surface area contributed by atoms with E-state index >= 15 is 0 Å². The van der Waals surface area contributed by atoms with Crippen molar-refractivity contribution in [2.24, 2.45) is 0 Å². The lowest BCUT2D eigenvalue weighted by atomic mass is 10.1. The van der Waals surface area contributed by atoms with Gasteiger partial charge in [-0.25, -0.2) is 4.52 Å². The Hall–Kier alpha value is -2.69. The summed E-state index contributed by atoms with van der Waals surface area (Å²) >= 11 is 0. The first-order valence-corrected chi connectivity index (χ1v) is 5.83. The molecular formula is C14H11N3O2. The number of carboxylic acid groups (broad SMARTS) is 1. The molecule has 0 amide bonds. The fraction of sp³-hybridized carbons (Fsp3) is 0.0714. The highest BCUT2D eigenvalue weighted by atomic mass is 16.4. The number of rotatable bonds is 3. The fourth-order valence-corrected chi connectivity index (χ4v) is 2.05. The molecule has 3 aromatic rings. The second kappa shape index (κ2) is 4.53. The van der Waals surface area contributed by atoms with Crippen LogP contribution in [0, 0.1) is 0 Å². The third-order valence-corrected chi connectivity index (χ3v) is 2.89. The van der Waals surface area contributed by atoms with Gasteiger partial charge in [-0.2, -0.15) is 5.10 Å². The monoisotopic (exact) mass is 253 g/mol. The van der Waals surface area contributed by atoms with Crippen molar-refractivity contribution in [3.05, 3.63) is 54.6 Å². The number of carboxylic acids is 1. The fourth-order valence-electron chi connectivity index (χ4n) is 2.05. The zero-order valence-electron chi connectivity index (χ0n) is 10.0. The van der Waals surface area contributed by atoms with Crippen molar-refractivity contribution in [1.29, 1.82) is 0 Å². The van der Waals surface area contributed by atoms with E-state index in [1.807, 2.05) is 30.5 Å². The zero-order valence-corrected chi connectivity index (χ0v) is 10.0. The van der Waals surface area contributed by atoms with E-state index in [0.29, 0.717) is 5.69 Å². The second-order valence-corrected chi connectivity index (χ2v) is 4.20. The van der Waals surface area contributed by atoms with E-state index in [9.17, 15) is 4.79 Å². The Labute approximate surface area is 109 Å². The maximum absolute atomic E-state index is 10.7. The predicted octanol–water partition coefficient (Wildman–Crippen LogP) is 2.02. The van der Waals surface area contributed by atoms with Crippen molar-refractivity contribution in [3.8, 4) is 11.1 Å². The number of aliphatic carboxylic acids is 1. The van der Waals surface area contributed by atoms with Crippen molar-refractivity contribution in [2.75, 3.05) is 0 Å². The summed E-state index contributed by atoms with van der Waals surface area (Å²) in [5, 5.41) is 13.1. The highest BCUT2D eigenvalue weighted by molar-refractivity contribution is 5.80. The molecule has 0 aliphatic rings. The Balaban J connectivity index is 2.09. The van der Waals surface area contributed by atoms with Gasteiger partial charge in [-0.15, -0.1) is 0 Å². The Morgan fingerprint density at radius 3 is 3.05 bits per heavy atom. The SMILES string of the molecule is O=C(O)Cc1cc(-c2cnn3ccccc23)ccn1. The molecule has 0 radical (unpaired) electrons. The van der Waals surface area contributed by atoms with Crippen LogP contribution in [0.1, 0.15) is 5.69 Å². The summed E-state index contributed by atoms with van der Waals surface area (Å²) in [5.41, 5.74) is 3.41. The van der Waals surface area contributed by atoms with Crippen molar-refractivity contribution < 1.29 is 9.90 Å². The van der Waals surface area contributed by atoms with E-state index in [1.165, 1.54) is 0 Å². The minimum Gasteiger partial charge on any atom is -0.481 e. The molecule has 3 rings (SSSR count). The van der Waals surface area contributed by atoms with E-state index in [-0.39, 0.29) is 6.42 Å². The molecule has 1 N–H and O–H groups in total. The normalized spacial score (nSPS) is 10.7. The number of hydrogen-bond donors (Lipinski definition) is 1. The highest BCUT2D eigenvalue weighted by Gasteiger charge is 2.08. The Morgan fingerprint density at radius 1 is 1.32 bits per heavy atom. The van der Waals surface area contributed by atoms with Crippen LogP contribution < -0.4 is 0 Å². The Kier molecular flexibility index (Phi) is 2.72. The van der Waals surface area contributed by atoms with Gasteiger partial charge in [-0.1, -0.05) is 6.07 Å². The summed E-state index contributed by atoms with van der Waals surface area (Å²) in [6.45, 7) is 0. The van der Waals surface area contributed by atoms with Crippen LogP contribution in [-0.4, -0.2) is 25.7 Å². The Bertz CT molecular complexity index is 749. The quantitative estimate of drug-likeness (QED) is 0.775. The van der Waals surface area contributed by atoms with Gasteiger partial charge in [0.1, 0.15) is 0 Å². The largest absolute Gasteiger partial charge is 0.481 e. The topological polar surface area (TPSA) is 67.5 Å². The number of pyridine rings is 2. The van der Waals surface area contributed by atoms with Crippen LogP contribution >= 0.6 is 0 Å². The molecule has 0 fully saturated rings. The molecule has 19 heavy (non-hydrogen) atoms. The molecule has 3 aromatic heterocycles. The molecule has 94 valence electrons. The van der Waals surface area contributed by atoms with Crippen LogP contribution in [0.5, 0.6) is 0 Å². The van der Waals surface area contributed by atoms with Gasteiger partial charge in [0.15, 0.2) is 0 Å². The van der Waals surface area contributed by atoms with Gasteiger partial charge < -0.3 is 5.11 Å². The summed E-state index contributed by atoms with van der Waals surface area (Å²) in [5.74, 6) is -0.885. The second-order valence-electron chi connectivity index (χ2n) is 4.20. The standard InChI is InChI=1S/C14H11N3O2/c18-14(19)8-11-7-10(4-5-15-11)12-9-16-17-6-2-1-3-13(12)17/h1-7,9H,8H2,(H,18,19). The lowest BCUT2D eigenvalue weighted by Crippen LogP contribution is -2.02. The lowest BCUT2D eigenvalue weighted by Gasteiger charge is -2.02. The maximum atomic E-state index is 10.7. The molecule has 0 saturated heterocycles. The van der Waals surface area contributed by atoms with Crippen molar-refractivity contribution >= 4 is 11.5 Å². The van der Waals surface area contributed by atoms with Crippen molar-refractivity contribution in [1.82, 2.24) is 14.6 Å². The van der Waals surface area contributed by atoms with Crippen molar-refractivity contribution in [2.45, 2.75) is 6.42 Å². The molecule has 0 aromatic carbocycles. The molecule has 0 aliphatic heterocycles. The average molecular weight is 253 g/mol. The Morgan fingerprint density at radius 2 is 2.21 bits per heavy atom. The molecule has 0 unspecified atom stereocenters.